The van der Waals surface area contributed by atoms with Gasteiger partial charge in [-0.2, -0.15) is 0 Å². The van der Waals surface area contributed by atoms with E-state index in [0.717, 1.165) is 10.5 Å². The van der Waals surface area contributed by atoms with Crippen molar-refractivity contribution < 1.29 is 22.9 Å². The first-order chi connectivity index (χ1) is 16.1. The topological polar surface area (TPSA) is 114 Å². The molecule has 0 saturated carbocycles. The smallest absolute Gasteiger partial charge is 0.263 e. The number of aromatic nitrogens is 1. The fourth-order valence-corrected chi connectivity index (χ4v) is 5.23. The van der Waals surface area contributed by atoms with Crippen LogP contribution in [-0.2, 0) is 21.9 Å². The minimum absolute atomic E-state index is 0.0853. The zero-order chi connectivity index (χ0) is 24.8. The monoisotopic (exact) mass is 503 g/mol. The summed E-state index contributed by atoms with van der Waals surface area (Å²) in [5.41, 5.74) is 0.953. The Labute approximate surface area is 204 Å². The van der Waals surface area contributed by atoms with Gasteiger partial charge in [0, 0.05) is 17.5 Å². The lowest BCUT2D eigenvalue weighted by Crippen LogP contribution is -2.15. The molecule has 3 aromatic rings. The van der Waals surface area contributed by atoms with Gasteiger partial charge in [0.25, 0.3) is 10.0 Å². The van der Waals surface area contributed by atoms with E-state index in [0.29, 0.717) is 35.7 Å². The first kappa shape index (κ1) is 25.6. The van der Waals surface area contributed by atoms with Crippen molar-refractivity contribution in [3.05, 3.63) is 59.9 Å². The van der Waals surface area contributed by atoms with Crippen molar-refractivity contribution in [2.45, 2.75) is 60.1 Å². The number of anilines is 1. The van der Waals surface area contributed by atoms with Crippen LogP contribution in [0.3, 0.4) is 0 Å². The van der Waals surface area contributed by atoms with Gasteiger partial charge in [-0.15, -0.1) is 5.16 Å². The predicted octanol–water partition coefficient (Wildman–Crippen LogP) is 5.72. The molecule has 0 aliphatic rings. The lowest BCUT2D eigenvalue weighted by molar-refractivity contribution is 0.320. The molecule has 2 aromatic carbocycles. The molecule has 0 amide bonds. The molecule has 10 heteroatoms. The van der Waals surface area contributed by atoms with Gasteiger partial charge in [-0.25, -0.2) is 8.42 Å². The predicted molar refractivity (Wildman–Crippen MR) is 133 cm³/mol. The summed E-state index contributed by atoms with van der Waals surface area (Å²) in [6.07, 6.45) is 3.08. The van der Waals surface area contributed by atoms with Crippen molar-refractivity contribution in [1.29, 1.82) is 0 Å². The van der Waals surface area contributed by atoms with Crippen molar-refractivity contribution in [3.63, 3.8) is 0 Å². The summed E-state index contributed by atoms with van der Waals surface area (Å²) >= 11 is 1.34. The number of nitrogens with zero attached hydrogens (tertiary/aromatic N) is 2. The van der Waals surface area contributed by atoms with E-state index >= 15 is 0 Å². The van der Waals surface area contributed by atoms with Gasteiger partial charge in [0.15, 0.2) is 11.6 Å². The Morgan fingerprint density at radius 3 is 2.59 bits per heavy atom. The number of hydrogen-bond acceptors (Lipinski definition) is 8. The van der Waals surface area contributed by atoms with Gasteiger partial charge in [0.1, 0.15) is 10.6 Å². The molecule has 0 spiro atoms. The van der Waals surface area contributed by atoms with Gasteiger partial charge in [-0.05, 0) is 54.2 Å². The van der Waals surface area contributed by atoms with Crippen molar-refractivity contribution in [2.75, 3.05) is 11.8 Å². The van der Waals surface area contributed by atoms with Gasteiger partial charge in [-0.3, -0.25) is 4.72 Å². The molecule has 0 unspecified atom stereocenters. The number of oxime groups is 1. The van der Waals surface area contributed by atoms with Crippen LogP contribution in [0.25, 0.3) is 0 Å². The lowest BCUT2D eigenvalue weighted by Gasteiger charge is -2.19. The van der Waals surface area contributed by atoms with Crippen molar-refractivity contribution in [1.82, 2.24) is 5.16 Å². The molecule has 0 aliphatic heterocycles. The van der Waals surface area contributed by atoms with Crippen LogP contribution in [0.15, 0.2) is 72.9 Å². The van der Waals surface area contributed by atoms with Gasteiger partial charge >= 0.3 is 0 Å². The van der Waals surface area contributed by atoms with Crippen molar-refractivity contribution in [2.24, 2.45) is 5.16 Å². The van der Waals surface area contributed by atoms with Crippen LogP contribution in [0, 0.1) is 0 Å². The Morgan fingerprint density at radius 1 is 1.21 bits per heavy atom. The van der Waals surface area contributed by atoms with E-state index in [1.54, 1.807) is 19.2 Å². The quantitative estimate of drug-likeness (QED) is 0.157. The van der Waals surface area contributed by atoms with Crippen LogP contribution in [0.4, 0.5) is 5.82 Å². The number of nitrogens with one attached hydrogen (secondary N) is 1. The molecule has 1 aromatic heterocycles. The molecule has 2 N–H and O–H groups in total. The van der Waals surface area contributed by atoms with E-state index in [2.05, 4.69) is 35.8 Å². The molecule has 1 heterocycles. The summed E-state index contributed by atoms with van der Waals surface area (Å²) in [6, 6.07) is 14.2. The third-order valence-electron chi connectivity index (χ3n) is 5.06. The van der Waals surface area contributed by atoms with Crippen LogP contribution in [0.5, 0.6) is 5.75 Å². The normalized spacial score (nSPS) is 12.2. The van der Waals surface area contributed by atoms with E-state index in [1.165, 1.54) is 18.0 Å². The number of unbranched alkanes of at least 4 members (excludes halogenated alkanes) is 1. The summed E-state index contributed by atoms with van der Waals surface area (Å²) < 4.78 is 39.6. The van der Waals surface area contributed by atoms with Crippen molar-refractivity contribution in [3.8, 4) is 5.75 Å². The molecule has 8 nitrogen and oxygen atoms in total. The number of sulfonamides is 1. The minimum Gasteiger partial charge on any atom is -0.497 e. The van der Waals surface area contributed by atoms with Gasteiger partial charge in [0.2, 0.25) is 0 Å². The molecule has 0 fully saturated rings. The Balaban J connectivity index is 1.90. The second kappa shape index (κ2) is 11.0. The van der Waals surface area contributed by atoms with E-state index in [9.17, 15) is 8.42 Å². The van der Waals surface area contributed by atoms with E-state index < -0.39 is 10.0 Å². The fourth-order valence-electron chi connectivity index (χ4n) is 3.16. The molecule has 0 bridgehead atoms. The Kier molecular flexibility index (Phi) is 8.27. The molecule has 34 heavy (non-hydrogen) atoms. The fraction of sp³-hybridized carbons (Fsp3) is 0.333. The third-order valence-corrected chi connectivity index (χ3v) is 7.53. The van der Waals surface area contributed by atoms with Gasteiger partial charge < -0.3 is 14.5 Å². The first-order valence-electron chi connectivity index (χ1n) is 10.7. The highest BCUT2D eigenvalue weighted by Gasteiger charge is 2.24. The lowest BCUT2D eigenvalue weighted by atomic mass is 9.87. The summed E-state index contributed by atoms with van der Waals surface area (Å²) in [5, 5.41) is 15.6. The van der Waals surface area contributed by atoms with Gasteiger partial charge in [-0.1, -0.05) is 55.9 Å². The highest BCUT2D eigenvalue weighted by molar-refractivity contribution is 7.99. The average molecular weight is 504 g/mol. The summed E-state index contributed by atoms with van der Waals surface area (Å²) in [7, 11) is -2.30. The third kappa shape index (κ3) is 6.54. The Morgan fingerprint density at radius 2 is 1.94 bits per heavy atom. The Bertz CT molecular complexity index is 1230. The van der Waals surface area contributed by atoms with Gasteiger partial charge in [0.05, 0.1) is 12.0 Å². The highest BCUT2D eigenvalue weighted by Crippen LogP contribution is 2.39. The average Bonchev–Trinajstić information content (AvgIpc) is 3.16. The summed E-state index contributed by atoms with van der Waals surface area (Å²) in [4.78, 5) is 1.56. The number of benzene rings is 2. The maximum absolute atomic E-state index is 13.1. The zero-order valence-corrected chi connectivity index (χ0v) is 21.2. The maximum Gasteiger partial charge on any atom is 0.263 e. The number of aryl methyl sites for hydroxylation is 1. The number of rotatable bonds is 10. The van der Waals surface area contributed by atoms with E-state index in [1.807, 2.05) is 36.4 Å². The molecule has 0 atom stereocenters. The van der Waals surface area contributed by atoms with Crippen LogP contribution in [0.2, 0.25) is 0 Å². The van der Waals surface area contributed by atoms with Crippen molar-refractivity contribution >= 4 is 33.8 Å². The van der Waals surface area contributed by atoms with Crippen LogP contribution in [0.1, 0.15) is 44.9 Å². The SMILES string of the molecule is COc1cccc(Sc2c(NS(=O)(=O)c3ccc(C(C)(C)C)cc3)noc2CCC/C=N/O)c1. The maximum atomic E-state index is 13.1. The minimum atomic E-state index is -3.88. The highest BCUT2D eigenvalue weighted by atomic mass is 32.2. The molecule has 0 radical (unpaired) electrons. The summed E-state index contributed by atoms with van der Waals surface area (Å²) in [5.74, 6) is 1.35. The molecular weight excluding hydrogens is 474 g/mol. The molecule has 0 saturated heterocycles. The van der Waals surface area contributed by atoms with Crippen LogP contribution < -0.4 is 9.46 Å². The van der Waals surface area contributed by atoms with E-state index in [4.69, 9.17) is 14.5 Å². The first-order valence-corrected chi connectivity index (χ1v) is 13.0. The number of methoxy groups -OCH3 is 1. The molecule has 0 aliphatic carbocycles. The van der Waals surface area contributed by atoms with Crippen LogP contribution in [-0.4, -0.2) is 32.1 Å². The van der Waals surface area contributed by atoms with E-state index in [-0.39, 0.29) is 16.1 Å². The summed E-state index contributed by atoms with van der Waals surface area (Å²) in [6.45, 7) is 6.21. The second-order valence-electron chi connectivity index (χ2n) is 8.63. The zero-order valence-electron chi connectivity index (χ0n) is 19.6. The Hall–Kier alpha value is -2.98. The standard InChI is InChI=1S/C24H29N3O5S2/c1-24(2,3)17-11-13-20(14-12-17)34(29,30)27-23-22(21(32-26-23)10-5-6-15-25-28)33-19-9-7-8-18(16-19)31-4/h7-9,11-16,28H,5-6,10H2,1-4H3,(H,26,27)/b25-15+. The molecule has 182 valence electrons. The number of ether oxygens (including phenoxy) is 1. The molecular formula is C24H29N3O5S2. The second-order valence-corrected chi connectivity index (χ2v) is 11.4. The van der Waals surface area contributed by atoms with Crippen LogP contribution >= 0.6 is 11.8 Å². The molecule has 3 rings (SSSR count). The number of hydrogen-bond donors (Lipinski definition) is 2. The largest absolute Gasteiger partial charge is 0.497 e.